The molecule has 84 valence electrons. The number of carbonyl (C=O) groups excluding carboxylic acids is 1. The Morgan fingerprint density at radius 1 is 1.43 bits per heavy atom. The van der Waals surface area contributed by atoms with Gasteiger partial charge in [0.05, 0.1) is 12.6 Å². The van der Waals surface area contributed by atoms with E-state index in [-0.39, 0.29) is 12.0 Å². The van der Waals surface area contributed by atoms with Crippen LogP contribution in [-0.2, 0) is 4.79 Å². The van der Waals surface area contributed by atoms with Crippen LogP contribution in [0.2, 0.25) is 0 Å². The van der Waals surface area contributed by atoms with Gasteiger partial charge in [0.1, 0.15) is 5.78 Å². The summed E-state index contributed by atoms with van der Waals surface area (Å²) in [5.74, 6) is 0.449. The SMILES string of the molecule is CCC(C)C(=O)CN(C)CCC(C)O. The summed E-state index contributed by atoms with van der Waals surface area (Å²) in [6, 6.07) is 0. The number of hydrogen-bond acceptors (Lipinski definition) is 3. The molecule has 0 aliphatic carbocycles. The topological polar surface area (TPSA) is 40.5 Å². The summed E-state index contributed by atoms with van der Waals surface area (Å²) in [5.41, 5.74) is 0. The molecule has 0 rings (SSSR count). The lowest BCUT2D eigenvalue weighted by molar-refractivity contribution is -0.123. The number of rotatable bonds is 7. The average Bonchev–Trinajstić information content (AvgIpc) is 2.13. The van der Waals surface area contributed by atoms with Crippen molar-refractivity contribution in [1.82, 2.24) is 4.90 Å². The normalized spacial score (nSPS) is 15.6. The molecule has 0 amide bonds. The van der Waals surface area contributed by atoms with Crippen LogP contribution in [0.1, 0.15) is 33.6 Å². The molecule has 0 heterocycles. The second-order valence-electron chi connectivity index (χ2n) is 4.15. The highest BCUT2D eigenvalue weighted by Crippen LogP contribution is 2.03. The van der Waals surface area contributed by atoms with E-state index in [1.54, 1.807) is 6.92 Å². The molecule has 0 aromatic carbocycles. The van der Waals surface area contributed by atoms with Gasteiger partial charge >= 0.3 is 0 Å². The molecule has 3 nitrogen and oxygen atoms in total. The van der Waals surface area contributed by atoms with Gasteiger partial charge in [-0.1, -0.05) is 13.8 Å². The van der Waals surface area contributed by atoms with Crippen LogP contribution in [0.4, 0.5) is 0 Å². The Kier molecular flexibility index (Phi) is 6.75. The van der Waals surface area contributed by atoms with Crippen LogP contribution in [-0.4, -0.2) is 42.0 Å². The Morgan fingerprint density at radius 2 is 2.00 bits per heavy atom. The molecule has 0 saturated carbocycles. The highest BCUT2D eigenvalue weighted by molar-refractivity contribution is 5.82. The summed E-state index contributed by atoms with van der Waals surface area (Å²) in [6.45, 7) is 7.04. The molecule has 14 heavy (non-hydrogen) atoms. The molecular weight excluding hydrogens is 178 g/mol. The Labute approximate surface area is 87.1 Å². The van der Waals surface area contributed by atoms with Gasteiger partial charge in [-0.15, -0.1) is 0 Å². The summed E-state index contributed by atoms with van der Waals surface area (Å²) >= 11 is 0. The van der Waals surface area contributed by atoms with Crippen molar-refractivity contribution in [3.05, 3.63) is 0 Å². The highest BCUT2D eigenvalue weighted by atomic mass is 16.3. The van der Waals surface area contributed by atoms with Crippen LogP contribution in [0.15, 0.2) is 0 Å². The van der Waals surface area contributed by atoms with Crippen molar-refractivity contribution in [2.45, 2.75) is 39.7 Å². The van der Waals surface area contributed by atoms with E-state index >= 15 is 0 Å². The fourth-order valence-corrected chi connectivity index (χ4v) is 1.14. The van der Waals surface area contributed by atoms with E-state index in [2.05, 4.69) is 0 Å². The Morgan fingerprint density at radius 3 is 2.43 bits per heavy atom. The van der Waals surface area contributed by atoms with E-state index in [0.29, 0.717) is 12.3 Å². The summed E-state index contributed by atoms with van der Waals surface area (Å²) < 4.78 is 0. The van der Waals surface area contributed by atoms with Gasteiger partial charge in [0.25, 0.3) is 0 Å². The fourth-order valence-electron chi connectivity index (χ4n) is 1.14. The van der Waals surface area contributed by atoms with Gasteiger partial charge in [-0.25, -0.2) is 0 Å². The largest absolute Gasteiger partial charge is 0.393 e. The first-order valence-corrected chi connectivity index (χ1v) is 5.36. The maximum Gasteiger partial charge on any atom is 0.149 e. The van der Waals surface area contributed by atoms with Crippen LogP contribution in [0.25, 0.3) is 0 Å². The van der Waals surface area contributed by atoms with Gasteiger partial charge in [0, 0.05) is 12.5 Å². The molecule has 3 heteroatoms. The molecule has 0 radical (unpaired) electrons. The van der Waals surface area contributed by atoms with E-state index < -0.39 is 0 Å². The van der Waals surface area contributed by atoms with Crippen LogP contribution < -0.4 is 0 Å². The summed E-state index contributed by atoms with van der Waals surface area (Å²) in [5, 5.41) is 9.08. The Hall–Kier alpha value is -0.410. The molecule has 1 N–H and O–H groups in total. The molecule has 0 aromatic rings. The van der Waals surface area contributed by atoms with Crippen LogP contribution >= 0.6 is 0 Å². The number of nitrogens with zero attached hydrogens (tertiary/aromatic N) is 1. The summed E-state index contributed by atoms with van der Waals surface area (Å²) in [4.78, 5) is 13.5. The standard InChI is InChI=1S/C11H23NO2/c1-5-9(2)11(14)8-12(4)7-6-10(3)13/h9-10,13H,5-8H2,1-4H3. The lowest BCUT2D eigenvalue weighted by Crippen LogP contribution is -2.31. The lowest BCUT2D eigenvalue weighted by atomic mass is 10.0. The molecule has 2 atom stereocenters. The number of likely N-dealkylation sites (N-methyl/N-ethyl adjacent to an activating group) is 1. The molecule has 0 spiro atoms. The first-order chi connectivity index (χ1) is 6.47. The number of Topliss-reactive ketones (excluding diaryl/α,β-unsaturated/α-hetero) is 1. The maximum atomic E-state index is 11.5. The van der Waals surface area contributed by atoms with Crippen molar-refractivity contribution < 1.29 is 9.90 Å². The minimum atomic E-state index is -0.281. The number of carbonyl (C=O) groups is 1. The van der Waals surface area contributed by atoms with Crippen LogP contribution in [0, 0.1) is 5.92 Å². The third-order valence-electron chi connectivity index (χ3n) is 2.52. The average molecular weight is 201 g/mol. The molecule has 2 unspecified atom stereocenters. The van der Waals surface area contributed by atoms with Crippen molar-refractivity contribution in [3.8, 4) is 0 Å². The van der Waals surface area contributed by atoms with Gasteiger partial charge < -0.3 is 5.11 Å². The second-order valence-corrected chi connectivity index (χ2v) is 4.15. The molecular formula is C11H23NO2. The minimum absolute atomic E-state index is 0.156. The lowest BCUT2D eigenvalue weighted by Gasteiger charge is -2.18. The number of ketones is 1. The zero-order valence-electron chi connectivity index (χ0n) is 9.79. The molecule has 0 aliphatic rings. The van der Waals surface area contributed by atoms with E-state index in [1.807, 2.05) is 25.8 Å². The smallest absolute Gasteiger partial charge is 0.149 e. The van der Waals surface area contributed by atoms with Crippen molar-refractivity contribution in [3.63, 3.8) is 0 Å². The monoisotopic (exact) mass is 201 g/mol. The van der Waals surface area contributed by atoms with Gasteiger partial charge in [-0.2, -0.15) is 0 Å². The molecule has 0 saturated heterocycles. The number of aliphatic hydroxyl groups is 1. The zero-order chi connectivity index (χ0) is 11.1. The van der Waals surface area contributed by atoms with Crippen LogP contribution in [0.5, 0.6) is 0 Å². The van der Waals surface area contributed by atoms with E-state index in [0.717, 1.165) is 19.4 Å². The quantitative estimate of drug-likeness (QED) is 0.675. The first-order valence-electron chi connectivity index (χ1n) is 5.36. The second kappa shape index (κ2) is 6.96. The summed E-state index contributed by atoms with van der Waals surface area (Å²) in [6.07, 6.45) is 1.35. The van der Waals surface area contributed by atoms with E-state index in [4.69, 9.17) is 5.11 Å². The van der Waals surface area contributed by atoms with Gasteiger partial charge in [-0.3, -0.25) is 9.69 Å². The molecule has 0 bridgehead atoms. The van der Waals surface area contributed by atoms with Crippen molar-refractivity contribution in [2.24, 2.45) is 5.92 Å². The molecule has 0 aliphatic heterocycles. The Balaban J connectivity index is 3.71. The fraction of sp³-hybridized carbons (Fsp3) is 0.909. The maximum absolute atomic E-state index is 11.5. The highest BCUT2D eigenvalue weighted by Gasteiger charge is 2.12. The molecule has 0 aromatic heterocycles. The zero-order valence-corrected chi connectivity index (χ0v) is 9.79. The number of hydrogen-bond donors (Lipinski definition) is 1. The van der Waals surface area contributed by atoms with Crippen molar-refractivity contribution in [1.29, 1.82) is 0 Å². The van der Waals surface area contributed by atoms with Gasteiger partial charge in [0.15, 0.2) is 0 Å². The predicted octanol–water partition coefficient (Wildman–Crippen LogP) is 1.30. The Bertz CT molecular complexity index is 169. The minimum Gasteiger partial charge on any atom is -0.393 e. The first kappa shape index (κ1) is 13.6. The third kappa shape index (κ3) is 6.11. The van der Waals surface area contributed by atoms with E-state index in [9.17, 15) is 4.79 Å². The van der Waals surface area contributed by atoms with Gasteiger partial charge in [-0.05, 0) is 26.8 Å². The van der Waals surface area contributed by atoms with Crippen LogP contribution in [0.3, 0.4) is 0 Å². The molecule has 0 fully saturated rings. The summed E-state index contributed by atoms with van der Waals surface area (Å²) in [7, 11) is 1.92. The van der Waals surface area contributed by atoms with E-state index in [1.165, 1.54) is 0 Å². The van der Waals surface area contributed by atoms with Gasteiger partial charge in [0.2, 0.25) is 0 Å². The third-order valence-corrected chi connectivity index (χ3v) is 2.52. The van der Waals surface area contributed by atoms with Crippen molar-refractivity contribution >= 4 is 5.78 Å². The number of aliphatic hydroxyl groups excluding tert-OH is 1. The van der Waals surface area contributed by atoms with Crippen molar-refractivity contribution in [2.75, 3.05) is 20.1 Å². The predicted molar refractivity (Wildman–Crippen MR) is 58.3 cm³/mol.